The van der Waals surface area contributed by atoms with Gasteiger partial charge in [-0.3, -0.25) is 9.78 Å². The first-order valence-corrected chi connectivity index (χ1v) is 8.08. The summed E-state index contributed by atoms with van der Waals surface area (Å²) >= 11 is 0. The lowest BCUT2D eigenvalue weighted by Crippen LogP contribution is -2.26. The fourth-order valence-electron chi connectivity index (χ4n) is 3.03. The molecule has 0 saturated heterocycles. The number of rotatable bonds is 5. The van der Waals surface area contributed by atoms with Crippen molar-refractivity contribution in [3.05, 3.63) is 78.6 Å². The number of carbonyl (C=O) groups excluding carboxylic acids is 1. The highest BCUT2D eigenvalue weighted by atomic mass is 16.2. The van der Waals surface area contributed by atoms with Crippen molar-refractivity contribution in [2.75, 3.05) is 0 Å². The van der Waals surface area contributed by atoms with E-state index < -0.39 is 0 Å². The molecule has 0 spiro atoms. The first kappa shape index (κ1) is 14.6. The maximum atomic E-state index is 12.4. The van der Waals surface area contributed by atoms with Crippen LogP contribution in [0.25, 0.3) is 5.69 Å². The number of pyridine rings is 1. The molecule has 0 bridgehead atoms. The molecule has 1 amide bonds. The molecule has 5 heteroatoms. The number of amides is 1. The van der Waals surface area contributed by atoms with Crippen molar-refractivity contribution in [2.24, 2.45) is 5.92 Å². The quantitative estimate of drug-likeness (QED) is 0.787. The van der Waals surface area contributed by atoms with Crippen molar-refractivity contribution in [1.82, 2.24) is 19.9 Å². The van der Waals surface area contributed by atoms with Crippen LogP contribution in [0.5, 0.6) is 0 Å². The lowest BCUT2D eigenvalue weighted by molar-refractivity contribution is -0.122. The molecule has 1 N–H and O–H groups in total. The molecular formula is C19H18N4O. The van der Waals surface area contributed by atoms with Gasteiger partial charge in [0.2, 0.25) is 5.91 Å². The Morgan fingerprint density at radius 3 is 2.83 bits per heavy atom. The van der Waals surface area contributed by atoms with Crippen LogP contribution in [0.2, 0.25) is 0 Å². The molecule has 1 aromatic carbocycles. The van der Waals surface area contributed by atoms with Crippen molar-refractivity contribution in [3.8, 4) is 5.69 Å². The Kier molecular flexibility index (Phi) is 3.83. The van der Waals surface area contributed by atoms with Gasteiger partial charge < -0.3 is 9.88 Å². The molecule has 1 saturated carbocycles. The van der Waals surface area contributed by atoms with Gasteiger partial charge in [0.15, 0.2) is 0 Å². The second-order valence-electron chi connectivity index (χ2n) is 6.00. The van der Waals surface area contributed by atoms with Crippen molar-refractivity contribution in [2.45, 2.75) is 18.9 Å². The molecule has 2 atom stereocenters. The van der Waals surface area contributed by atoms with Crippen LogP contribution in [0.1, 0.15) is 23.7 Å². The number of carbonyl (C=O) groups is 1. The smallest absolute Gasteiger partial charge is 0.224 e. The Bertz CT molecular complexity index is 829. The average Bonchev–Trinajstić information content (AvgIpc) is 3.31. The van der Waals surface area contributed by atoms with E-state index in [0.717, 1.165) is 23.5 Å². The van der Waals surface area contributed by atoms with Gasteiger partial charge in [-0.25, -0.2) is 4.98 Å². The molecule has 1 fully saturated rings. The summed E-state index contributed by atoms with van der Waals surface area (Å²) in [6.45, 7) is 0.428. The minimum Gasteiger partial charge on any atom is -0.349 e. The zero-order chi connectivity index (χ0) is 16.4. The molecule has 1 aliphatic rings. The summed E-state index contributed by atoms with van der Waals surface area (Å²) < 4.78 is 1.99. The lowest BCUT2D eigenvalue weighted by Gasteiger charge is -2.09. The molecule has 2 heterocycles. The maximum absolute atomic E-state index is 12.4. The zero-order valence-corrected chi connectivity index (χ0v) is 13.2. The van der Waals surface area contributed by atoms with Crippen LogP contribution in [-0.2, 0) is 11.3 Å². The number of para-hydroxylation sites is 1. The number of hydrogen-bond donors (Lipinski definition) is 1. The molecule has 4 rings (SSSR count). The van der Waals surface area contributed by atoms with Crippen LogP contribution in [0, 0.1) is 5.92 Å². The van der Waals surface area contributed by atoms with Crippen LogP contribution in [-0.4, -0.2) is 20.4 Å². The molecule has 3 aromatic rings. The molecule has 0 aliphatic heterocycles. The minimum absolute atomic E-state index is 0.0503. The van der Waals surface area contributed by atoms with E-state index in [9.17, 15) is 4.79 Å². The van der Waals surface area contributed by atoms with Crippen LogP contribution >= 0.6 is 0 Å². The van der Waals surface area contributed by atoms with Crippen molar-refractivity contribution < 1.29 is 4.79 Å². The van der Waals surface area contributed by atoms with E-state index in [4.69, 9.17) is 0 Å². The van der Waals surface area contributed by atoms with Gasteiger partial charge >= 0.3 is 0 Å². The molecule has 5 nitrogen and oxygen atoms in total. The topological polar surface area (TPSA) is 59.8 Å². The average molecular weight is 318 g/mol. The third-order valence-corrected chi connectivity index (χ3v) is 4.41. The number of aromatic nitrogens is 3. The van der Waals surface area contributed by atoms with Crippen LogP contribution < -0.4 is 5.32 Å². The van der Waals surface area contributed by atoms with E-state index >= 15 is 0 Å². The highest BCUT2D eigenvalue weighted by Gasteiger charge is 2.43. The number of imidazole rings is 1. The molecule has 120 valence electrons. The number of nitrogens with zero attached hydrogens (tertiary/aromatic N) is 3. The van der Waals surface area contributed by atoms with Gasteiger partial charge in [0.05, 0.1) is 6.54 Å². The van der Waals surface area contributed by atoms with E-state index in [-0.39, 0.29) is 11.8 Å². The highest BCUT2D eigenvalue weighted by Crippen LogP contribution is 2.47. The molecular weight excluding hydrogens is 300 g/mol. The van der Waals surface area contributed by atoms with Gasteiger partial charge in [0.1, 0.15) is 5.82 Å². The Balaban J connectivity index is 1.39. The van der Waals surface area contributed by atoms with Crippen molar-refractivity contribution in [3.63, 3.8) is 0 Å². The highest BCUT2D eigenvalue weighted by molar-refractivity contribution is 5.82. The van der Waals surface area contributed by atoms with Gasteiger partial charge in [-0.05, 0) is 36.1 Å². The van der Waals surface area contributed by atoms with Gasteiger partial charge in [-0.1, -0.05) is 24.3 Å². The fraction of sp³-hybridized carbons (Fsp3) is 0.211. The second kappa shape index (κ2) is 6.28. The van der Waals surface area contributed by atoms with E-state index in [0.29, 0.717) is 12.5 Å². The van der Waals surface area contributed by atoms with E-state index in [1.54, 1.807) is 12.4 Å². The predicted octanol–water partition coefficient (Wildman–Crippen LogP) is 2.69. The van der Waals surface area contributed by atoms with E-state index in [1.807, 2.05) is 59.4 Å². The molecule has 24 heavy (non-hydrogen) atoms. The number of benzene rings is 1. The van der Waals surface area contributed by atoms with Gasteiger partial charge in [-0.15, -0.1) is 0 Å². The molecule has 1 aliphatic carbocycles. The van der Waals surface area contributed by atoms with Crippen LogP contribution in [0.4, 0.5) is 0 Å². The summed E-state index contributed by atoms with van der Waals surface area (Å²) in [6.07, 6.45) is 8.16. The summed E-state index contributed by atoms with van der Waals surface area (Å²) in [5.74, 6) is 1.27. The van der Waals surface area contributed by atoms with E-state index in [2.05, 4.69) is 15.3 Å². The maximum Gasteiger partial charge on any atom is 0.224 e. The predicted molar refractivity (Wildman–Crippen MR) is 90.5 cm³/mol. The van der Waals surface area contributed by atoms with Crippen LogP contribution in [0.15, 0.2) is 67.3 Å². The number of nitrogens with one attached hydrogen (secondary N) is 1. The first-order valence-electron chi connectivity index (χ1n) is 8.08. The lowest BCUT2D eigenvalue weighted by atomic mass is 10.1. The summed E-state index contributed by atoms with van der Waals surface area (Å²) in [7, 11) is 0. The normalized spacial score (nSPS) is 19.0. The van der Waals surface area contributed by atoms with Crippen molar-refractivity contribution >= 4 is 5.91 Å². The SMILES string of the molecule is O=C(NCc1nccn1-c1ccccc1)[C@@H]1C[C@@H]1c1cccnc1. The fourth-order valence-corrected chi connectivity index (χ4v) is 3.03. The third kappa shape index (κ3) is 2.93. The van der Waals surface area contributed by atoms with Gasteiger partial charge in [-0.2, -0.15) is 0 Å². The standard InChI is InChI=1S/C19H18N4O/c24-19(17-11-16(17)14-5-4-8-20-12-14)22-13-18-21-9-10-23(18)15-6-2-1-3-7-15/h1-10,12,16-17H,11,13H2,(H,22,24)/t16-,17-/m1/s1. The minimum atomic E-state index is 0.0503. The van der Waals surface area contributed by atoms with Crippen molar-refractivity contribution in [1.29, 1.82) is 0 Å². The summed E-state index contributed by atoms with van der Waals surface area (Å²) in [5.41, 5.74) is 2.18. The summed E-state index contributed by atoms with van der Waals surface area (Å²) in [5, 5.41) is 3.01. The largest absolute Gasteiger partial charge is 0.349 e. The first-order chi connectivity index (χ1) is 11.8. The Morgan fingerprint density at radius 1 is 1.17 bits per heavy atom. The Morgan fingerprint density at radius 2 is 2.04 bits per heavy atom. The molecule has 0 radical (unpaired) electrons. The summed E-state index contributed by atoms with van der Waals surface area (Å²) in [4.78, 5) is 20.8. The Hall–Kier alpha value is -2.95. The van der Waals surface area contributed by atoms with E-state index in [1.165, 1.54) is 0 Å². The molecule has 2 aromatic heterocycles. The summed E-state index contributed by atoms with van der Waals surface area (Å²) in [6, 6.07) is 13.9. The van der Waals surface area contributed by atoms with Crippen LogP contribution in [0.3, 0.4) is 0 Å². The monoisotopic (exact) mass is 318 g/mol. The Labute approximate surface area is 140 Å². The van der Waals surface area contributed by atoms with Gasteiger partial charge in [0, 0.05) is 36.4 Å². The second-order valence-corrected chi connectivity index (χ2v) is 6.00. The number of hydrogen-bond acceptors (Lipinski definition) is 3. The third-order valence-electron chi connectivity index (χ3n) is 4.41. The zero-order valence-electron chi connectivity index (χ0n) is 13.2. The van der Waals surface area contributed by atoms with Gasteiger partial charge in [0.25, 0.3) is 0 Å². The molecule has 0 unspecified atom stereocenters.